The first kappa shape index (κ1) is 70.4. The topological polar surface area (TPSA) is 170 Å². The number of hydrogen-bond acceptors (Lipinski definition) is 11. The molecule has 0 aromatic carbocycles. The Kier molecular flexibility index (Phi) is 86.6. The molecule has 0 spiro atoms. The second kappa shape index (κ2) is 66.4. The Morgan fingerprint density at radius 3 is 1.11 bits per heavy atom. The third kappa shape index (κ3) is 98.2. The Hall–Kier alpha value is -1.42. The number of amides is 2. The predicted octanol–water partition coefficient (Wildman–Crippen LogP) is 5.01. The third-order valence-corrected chi connectivity index (χ3v) is 7.05. The van der Waals surface area contributed by atoms with Gasteiger partial charge in [0.15, 0.2) is 0 Å². The average Bonchev–Trinajstić information content (AvgIpc) is 3.70. The summed E-state index contributed by atoms with van der Waals surface area (Å²) in [5.74, 6) is -0.0688. The first-order chi connectivity index (χ1) is 24.7. The summed E-state index contributed by atoms with van der Waals surface area (Å²) >= 11 is 4.64. The van der Waals surface area contributed by atoms with Crippen LogP contribution in [0.3, 0.4) is 0 Å². The monoisotopic (exact) mass is 804 g/mol. The van der Waals surface area contributed by atoms with E-state index in [1.165, 1.54) is 79.2 Å². The van der Waals surface area contributed by atoms with Crippen molar-refractivity contribution in [3.05, 3.63) is 0 Å². The van der Waals surface area contributed by atoms with Crippen LogP contribution in [0.1, 0.15) is 123 Å². The summed E-state index contributed by atoms with van der Waals surface area (Å²) in [6.45, 7) is 36.9. The van der Waals surface area contributed by atoms with Crippen molar-refractivity contribution in [3.63, 3.8) is 0 Å². The average molecular weight is 805 g/mol. The van der Waals surface area contributed by atoms with Crippen LogP contribution in [0.2, 0.25) is 0 Å². The normalized spacial score (nSPS) is 10.6. The zero-order valence-corrected chi connectivity index (χ0v) is 37.0. The molecule has 0 atom stereocenters. The van der Waals surface area contributed by atoms with Gasteiger partial charge in [0.25, 0.3) is 0 Å². The zero-order valence-electron chi connectivity index (χ0n) is 36.3. The lowest BCUT2D eigenvalue weighted by Crippen LogP contribution is -2.27. The molecule has 1 fully saturated rings. The van der Waals surface area contributed by atoms with Gasteiger partial charge in [-0.05, 0) is 149 Å². The summed E-state index contributed by atoms with van der Waals surface area (Å²) in [7, 11) is 4.35. The van der Waals surface area contributed by atoms with E-state index < -0.39 is 0 Å². The van der Waals surface area contributed by atoms with E-state index in [0.717, 1.165) is 78.4 Å². The van der Waals surface area contributed by atoms with E-state index in [4.69, 9.17) is 16.2 Å². The summed E-state index contributed by atoms with van der Waals surface area (Å²) in [6, 6.07) is 0. The number of hydrogen-bond donors (Lipinski definition) is 6. The maximum Gasteiger partial charge on any atom is 0.218 e. The van der Waals surface area contributed by atoms with Gasteiger partial charge in [-0.25, -0.2) is 0 Å². The molecule has 0 aromatic rings. The Bertz CT molecular complexity index is 626. The number of nitrogens with zero attached hydrogens (tertiary/aromatic N) is 3. The molecule has 1 saturated heterocycles. The summed E-state index contributed by atoms with van der Waals surface area (Å²) < 4.78 is 4.94. The molecule has 0 aliphatic carbocycles. The standard InChI is InChI=1S/C9H22N2.C7H14N2O2.C7H18N2.C6H15N.C4H8O.C3H10N2.C2H3ClO.2CH4/c1-5-10(3)8-7-9-11(4)6-2;1-6(10)8-4-3-5-9-7(2)11;1-3-8-6-5-7-9-4-2;1-4-7(5-2)6-3;1-2-4-5-3-1;4-2-1-3-5;1-2(3)4;;/h5-9H2,1-4H3;3-5H2,1-2H3,(H,8,10)(H,9,11);8-9H,3-7H2,1-2H3;4-6H2,1-3H3;1-4H2;1-5H2;1H3;2*1H4. The van der Waals surface area contributed by atoms with Crippen LogP contribution in [0.5, 0.6) is 0 Å². The minimum absolute atomic E-state index is 0. The smallest absolute Gasteiger partial charge is 0.218 e. The van der Waals surface area contributed by atoms with E-state index in [2.05, 4.69) is 110 Å². The van der Waals surface area contributed by atoms with Gasteiger partial charge in [-0.2, -0.15) is 0 Å². The molecule has 8 N–H and O–H groups in total. The summed E-state index contributed by atoms with van der Waals surface area (Å²) in [6.07, 6.45) is 6.80. The zero-order chi connectivity index (χ0) is 41.3. The second-order valence-corrected chi connectivity index (χ2v) is 12.4. The van der Waals surface area contributed by atoms with Crippen molar-refractivity contribution in [3.8, 4) is 0 Å². The molecule has 0 radical (unpaired) electrons. The molecule has 13 nitrogen and oxygen atoms in total. The van der Waals surface area contributed by atoms with Crippen molar-refractivity contribution in [2.45, 2.75) is 123 Å². The Balaban J connectivity index is -0.0000000778. The predicted molar refractivity (Wildman–Crippen MR) is 241 cm³/mol. The van der Waals surface area contributed by atoms with E-state index in [1.807, 2.05) is 0 Å². The van der Waals surface area contributed by atoms with Crippen molar-refractivity contribution in [2.75, 3.05) is 125 Å². The quantitative estimate of drug-likeness (QED) is 0.0682. The molecule has 1 aliphatic rings. The highest BCUT2D eigenvalue weighted by Gasteiger charge is 1.97. The van der Waals surface area contributed by atoms with Crippen molar-refractivity contribution in [1.29, 1.82) is 0 Å². The molecule has 1 heterocycles. The maximum atomic E-state index is 10.3. The van der Waals surface area contributed by atoms with Gasteiger partial charge >= 0.3 is 0 Å². The fourth-order valence-electron chi connectivity index (χ4n) is 3.53. The number of nitrogens with one attached hydrogen (secondary N) is 4. The van der Waals surface area contributed by atoms with E-state index in [9.17, 15) is 14.4 Å². The van der Waals surface area contributed by atoms with Crippen LogP contribution in [0.15, 0.2) is 0 Å². The highest BCUT2D eigenvalue weighted by Crippen LogP contribution is 1.98. The number of halogens is 1. The third-order valence-electron chi connectivity index (χ3n) is 7.05. The molecule has 1 aliphatic heterocycles. The highest BCUT2D eigenvalue weighted by molar-refractivity contribution is 6.62. The van der Waals surface area contributed by atoms with Gasteiger partial charge in [-0.15, -0.1) is 0 Å². The van der Waals surface area contributed by atoms with Crippen LogP contribution in [0, 0.1) is 0 Å². The van der Waals surface area contributed by atoms with Crippen molar-refractivity contribution in [2.24, 2.45) is 11.5 Å². The fourth-order valence-corrected chi connectivity index (χ4v) is 3.53. The molecule has 0 bridgehead atoms. The van der Waals surface area contributed by atoms with E-state index >= 15 is 0 Å². The number of rotatable bonds is 21. The molecule has 1 rings (SSSR count). The van der Waals surface area contributed by atoms with Crippen LogP contribution in [0.4, 0.5) is 0 Å². The van der Waals surface area contributed by atoms with Crippen LogP contribution in [-0.4, -0.2) is 157 Å². The Morgan fingerprint density at radius 1 is 0.593 bits per heavy atom. The molecule has 0 saturated carbocycles. The first-order valence-electron chi connectivity index (χ1n) is 19.9. The minimum atomic E-state index is -0.361. The fraction of sp³-hybridized carbons (Fsp3) is 0.925. The number of carbonyl (C=O) groups excluding carboxylic acids is 3. The minimum Gasteiger partial charge on any atom is -0.381 e. The lowest BCUT2D eigenvalue weighted by Gasteiger charge is -2.17. The van der Waals surface area contributed by atoms with Crippen molar-refractivity contribution < 1.29 is 19.1 Å². The summed E-state index contributed by atoms with van der Waals surface area (Å²) in [5, 5.41) is 11.4. The van der Waals surface area contributed by atoms with Gasteiger partial charge in [0.1, 0.15) is 0 Å². The van der Waals surface area contributed by atoms with Gasteiger partial charge in [0, 0.05) is 47.1 Å². The molecular formula is C40H98ClN9O4. The first-order valence-corrected chi connectivity index (χ1v) is 20.3. The SMILES string of the molecule is C.C.C1CCOC1.CC(=O)Cl.CC(=O)NCCCNC(C)=O.CCN(C)CCCN(C)CC.CCN(CC)CC.CCNCCCNCC.NCCCN. The number of ether oxygens (including phenoxy) is 1. The number of carbonyl (C=O) groups is 3. The summed E-state index contributed by atoms with van der Waals surface area (Å²) in [5.41, 5.74) is 10.1. The van der Waals surface area contributed by atoms with Crippen LogP contribution < -0.4 is 32.7 Å². The van der Waals surface area contributed by atoms with Crippen LogP contribution in [0.25, 0.3) is 0 Å². The molecule has 14 heteroatoms. The number of nitrogens with two attached hydrogens (primary N) is 2. The second-order valence-electron chi connectivity index (χ2n) is 11.9. The lowest BCUT2D eigenvalue weighted by atomic mass is 10.3. The highest BCUT2D eigenvalue weighted by atomic mass is 35.5. The summed E-state index contributed by atoms with van der Waals surface area (Å²) in [4.78, 5) is 37.0. The lowest BCUT2D eigenvalue weighted by molar-refractivity contribution is -0.119. The molecule has 334 valence electrons. The van der Waals surface area contributed by atoms with Crippen LogP contribution in [-0.2, 0) is 19.1 Å². The van der Waals surface area contributed by atoms with Gasteiger partial charge in [0.2, 0.25) is 17.1 Å². The van der Waals surface area contributed by atoms with Gasteiger partial charge in [-0.3, -0.25) is 14.4 Å². The van der Waals surface area contributed by atoms with Gasteiger partial charge in [-0.1, -0.05) is 63.3 Å². The van der Waals surface area contributed by atoms with Crippen LogP contribution >= 0.6 is 11.6 Å². The molecule has 2 amide bonds. The van der Waals surface area contributed by atoms with E-state index in [-0.39, 0.29) is 31.9 Å². The molecule has 0 aromatic heterocycles. The molecule has 0 unspecified atom stereocenters. The Labute approximate surface area is 342 Å². The molecular weight excluding hydrogens is 706 g/mol. The van der Waals surface area contributed by atoms with Gasteiger partial charge in [0.05, 0.1) is 0 Å². The van der Waals surface area contributed by atoms with Gasteiger partial charge < -0.3 is 52.2 Å². The maximum absolute atomic E-state index is 10.3. The molecule has 54 heavy (non-hydrogen) atoms. The largest absolute Gasteiger partial charge is 0.381 e. The van der Waals surface area contributed by atoms with Crippen molar-refractivity contribution >= 4 is 28.7 Å². The Morgan fingerprint density at radius 2 is 0.926 bits per heavy atom. The van der Waals surface area contributed by atoms with E-state index in [0.29, 0.717) is 13.1 Å². The van der Waals surface area contributed by atoms with E-state index in [1.54, 1.807) is 0 Å². The van der Waals surface area contributed by atoms with Crippen molar-refractivity contribution in [1.82, 2.24) is 36.0 Å².